The molecule has 0 radical (unpaired) electrons. The molecule has 0 amide bonds. The average molecular weight is 479 g/mol. The van der Waals surface area contributed by atoms with Gasteiger partial charge in [-0.15, -0.1) is 0 Å². The molecule has 0 saturated carbocycles. The molecule has 2 aromatic heterocycles. The summed E-state index contributed by atoms with van der Waals surface area (Å²) in [4.78, 5) is 7.32. The highest BCUT2D eigenvalue weighted by molar-refractivity contribution is 7.90. The molecule has 0 fully saturated rings. The lowest BCUT2D eigenvalue weighted by molar-refractivity contribution is -0.159. The van der Waals surface area contributed by atoms with E-state index in [-0.39, 0.29) is 23.4 Å². The van der Waals surface area contributed by atoms with Gasteiger partial charge in [0.15, 0.2) is 0 Å². The van der Waals surface area contributed by atoms with Crippen LogP contribution in [0.3, 0.4) is 0 Å². The summed E-state index contributed by atoms with van der Waals surface area (Å²) in [5.41, 5.74) is -0.301. The normalized spacial score (nSPS) is 13.8. The molecular weight excluding hydrogens is 464 g/mol. The lowest BCUT2D eigenvalue weighted by Crippen LogP contribution is -2.17. The number of benzene rings is 1. The second-order valence-corrected chi connectivity index (χ2v) is 9.26. The van der Waals surface area contributed by atoms with E-state index >= 15 is 0 Å². The molecule has 0 N–H and O–H groups in total. The van der Waals surface area contributed by atoms with Gasteiger partial charge in [-0.25, -0.2) is 8.42 Å². The minimum atomic E-state index is -4.80. The topological polar surface area (TPSA) is 86.0 Å². The Bertz CT molecular complexity index is 1190. The molecule has 3 rings (SSSR count). The summed E-state index contributed by atoms with van der Waals surface area (Å²) in [6, 6.07) is 7.13. The van der Waals surface area contributed by atoms with Gasteiger partial charge in [0.05, 0.1) is 11.3 Å². The van der Waals surface area contributed by atoms with Crippen molar-refractivity contribution in [3.05, 3.63) is 65.3 Å². The Labute approximate surface area is 178 Å². The largest absolute Gasteiger partial charge is 0.471 e. The number of sulfone groups is 1. The Hall–Kier alpha value is -2.96. The molecule has 6 nitrogen and oxygen atoms in total. The van der Waals surface area contributed by atoms with Crippen LogP contribution in [0.4, 0.5) is 26.3 Å². The molecule has 1 aromatic carbocycles. The SMILES string of the molecule is CS(=O)(=O)CC(Cc1ccc(-c2noc(C(F)(F)F)n2)cn1)c1cccc(C(F)(F)F)c1. The Balaban J connectivity index is 1.86. The number of alkyl halides is 6. The van der Waals surface area contributed by atoms with Gasteiger partial charge >= 0.3 is 18.2 Å². The molecule has 0 spiro atoms. The number of aromatic nitrogens is 3. The van der Waals surface area contributed by atoms with Crippen LogP contribution < -0.4 is 0 Å². The number of halogens is 6. The molecule has 13 heteroatoms. The second kappa shape index (κ2) is 8.52. The molecule has 0 aliphatic rings. The molecule has 172 valence electrons. The monoisotopic (exact) mass is 479 g/mol. The highest BCUT2D eigenvalue weighted by Crippen LogP contribution is 2.33. The summed E-state index contributed by atoms with van der Waals surface area (Å²) in [5, 5.41) is 3.24. The van der Waals surface area contributed by atoms with Gasteiger partial charge < -0.3 is 4.52 Å². The Morgan fingerprint density at radius 3 is 2.28 bits per heavy atom. The Kier molecular flexibility index (Phi) is 6.31. The van der Waals surface area contributed by atoms with Crippen molar-refractivity contribution in [3.8, 4) is 11.4 Å². The summed E-state index contributed by atoms with van der Waals surface area (Å²) in [7, 11) is -3.55. The zero-order valence-electron chi connectivity index (χ0n) is 16.3. The molecule has 1 unspecified atom stereocenters. The van der Waals surface area contributed by atoms with Crippen molar-refractivity contribution in [2.24, 2.45) is 0 Å². The highest BCUT2D eigenvalue weighted by atomic mass is 32.2. The van der Waals surface area contributed by atoms with Gasteiger partial charge in [0, 0.05) is 29.6 Å². The minimum Gasteiger partial charge on any atom is -0.329 e. The maximum Gasteiger partial charge on any atom is 0.471 e. The van der Waals surface area contributed by atoms with Crippen molar-refractivity contribution < 1.29 is 39.3 Å². The van der Waals surface area contributed by atoms with E-state index in [0.717, 1.165) is 18.4 Å². The second-order valence-electron chi connectivity index (χ2n) is 7.08. The van der Waals surface area contributed by atoms with Gasteiger partial charge in [-0.3, -0.25) is 4.98 Å². The number of nitrogens with zero attached hydrogens (tertiary/aromatic N) is 3. The molecule has 0 aliphatic heterocycles. The van der Waals surface area contributed by atoms with Crippen molar-refractivity contribution in [3.63, 3.8) is 0 Å². The van der Waals surface area contributed by atoms with Crippen LogP contribution in [0.25, 0.3) is 11.4 Å². The number of hydrogen-bond acceptors (Lipinski definition) is 6. The van der Waals surface area contributed by atoms with Crippen molar-refractivity contribution in [1.29, 1.82) is 0 Å². The molecule has 0 bridgehead atoms. The van der Waals surface area contributed by atoms with E-state index in [1.54, 1.807) is 0 Å². The van der Waals surface area contributed by atoms with Crippen LogP contribution in [-0.4, -0.2) is 35.6 Å². The molecule has 2 heterocycles. The third-order valence-electron chi connectivity index (χ3n) is 4.40. The van der Waals surface area contributed by atoms with E-state index in [1.165, 1.54) is 30.5 Å². The van der Waals surface area contributed by atoms with Gasteiger partial charge in [-0.2, -0.15) is 31.3 Å². The Morgan fingerprint density at radius 2 is 1.75 bits per heavy atom. The minimum absolute atomic E-state index is 0.0191. The molecule has 0 aliphatic carbocycles. The smallest absolute Gasteiger partial charge is 0.329 e. The summed E-state index contributed by atoms with van der Waals surface area (Å²) < 4.78 is 105. The standard InChI is InChI=1S/C19H15F6N3O3S/c1-32(29,30)10-13(11-3-2-4-14(7-11)18(20,21)22)8-15-6-5-12(9-26-15)16-27-17(31-28-16)19(23,24)25/h2-7,9,13H,8,10H2,1H3. The van der Waals surface area contributed by atoms with E-state index in [0.29, 0.717) is 5.69 Å². The number of hydrogen-bond donors (Lipinski definition) is 0. The van der Waals surface area contributed by atoms with Crippen LogP contribution >= 0.6 is 0 Å². The van der Waals surface area contributed by atoms with Crippen molar-refractivity contribution in [2.45, 2.75) is 24.7 Å². The van der Waals surface area contributed by atoms with E-state index < -0.39 is 45.3 Å². The fourth-order valence-electron chi connectivity index (χ4n) is 2.99. The third kappa shape index (κ3) is 6.05. The summed E-state index contributed by atoms with van der Waals surface area (Å²) >= 11 is 0. The predicted molar refractivity (Wildman–Crippen MR) is 100 cm³/mol. The molecule has 32 heavy (non-hydrogen) atoms. The lowest BCUT2D eigenvalue weighted by atomic mass is 9.94. The quantitative estimate of drug-likeness (QED) is 0.483. The first-order chi connectivity index (χ1) is 14.7. The van der Waals surface area contributed by atoms with Crippen molar-refractivity contribution >= 4 is 9.84 Å². The Morgan fingerprint density at radius 1 is 1.03 bits per heavy atom. The summed E-state index contributed by atoms with van der Waals surface area (Å²) in [6.07, 6.45) is -7.27. The maximum absolute atomic E-state index is 13.1. The fraction of sp³-hybridized carbons (Fsp3) is 0.316. The third-order valence-corrected chi connectivity index (χ3v) is 5.40. The first-order valence-corrected chi connectivity index (χ1v) is 11.0. The molecule has 0 saturated heterocycles. The van der Waals surface area contributed by atoms with Crippen LogP contribution in [0, 0.1) is 0 Å². The number of rotatable bonds is 6. The zero-order valence-corrected chi connectivity index (χ0v) is 17.1. The maximum atomic E-state index is 13.1. The van der Waals surface area contributed by atoms with Crippen LogP contribution in [0.2, 0.25) is 0 Å². The predicted octanol–water partition coefficient (Wildman–Crippen LogP) is 4.54. The summed E-state index contributed by atoms with van der Waals surface area (Å²) in [6.45, 7) is 0. The van der Waals surface area contributed by atoms with E-state index in [2.05, 4.69) is 19.6 Å². The van der Waals surface area contributed by atoms with Gasteiger partial charge in [0.1, 0.15) is 9.84 Å². The highest BCUT2D eigenvalue weighted by Gasteiger charge is 2.38. The van der Waals surface area contributed by atoms with Gasteiger partial charge in [-0.1, -0.05) is 23.4 Å². The van der Waals surface area contributed by atoms with Gasteiger partial charge in [-0.05, 0) is 30.2 Å². The first kappa shape index (κ1) is 23.7. The number of pyridine rings is 1. The van der Waals surface area contributed by atoms with E-state index in [1.807, 2.05) is 0 Å². The lowest BCUT2D eigenvalue weighted by Gasteiger charge is -2.18. The van der Waals surface area contributed by atoms with Gasteiger partial charge in [0.25, 0.3) is 0 Å². The molecule has 3 aromatic rings. The van der Waals surface area contributed by atoms with Crippen molar-refractivity contribution in [1.82, 2.24) is 15.1 Å². The average Bonchev–Trinajstić information content (AvgIpc) is 3.17. The van der Waals surface area contributed by atoms with Crippen LogP contribution in [0.15, 0.2) is 47.1 Å². The molecular formula is C19H15F6N3O3S. The van der Waals surface area contributed by atoms with E-state index in [4.69, 9.17) is 0 Å². The van der Waals surface area contributed by atoms with Crippen LogP contribution in [0.1, 0.15) is 28.6 Å². The van der Waals surface area contributed by atoms with Crippen LogP contribution in [0.5, 0.6) is 0 Å². The zero-order chi connectivity index (χ0) is 23.7. The fourth-order valence-corrected chi connectivity index (χ4v) is 4.03. The van der Waals surface area contributed by atoms with Crippen molar-refractivity contribution in [2.75, 3.05) is 12.0 Å². The summed E-state index contributed by atoms with van der Waals surface area (Å²) in [5.74, 6) is -3.11. The first-order valence-electron chi connectivity index (χ1n) is 8.93. The van der Waals surface area contributed by atoms with E-state index in [9.17, 15) is 34.8 Å². The van der Waals surface area contributed by atoms with Crippen LogP contribution in [-0.2, 0) is 28.6 Å². The molecule has 1 atom stereocenters. The van der Waals surface area contributed by atoms with Gasteiger partial charge in [0.2, 0.25) is 5.82 Å².